The van der Waals surface area contributed by atoms with Crippen molar-refractivity contribution in [1.29, 1.82) is 0 Å². The minimum Gasteiger partial charge on any atom is -0.287 e. The first-order chi connectivity index (χ1) is 18.7. The number of hydrogen-bond acceptors (Lipinski definition) is 0. The Bertz CT molecular complexity index is 1210. The highest BCUT2D eigenvalue weighted by Crippen LogP contribution is 2.33. The molecule has 0 saturated heterocycles. The van der Waals surface area contributed by atoms with Crippen LogP contribution in [0, 0.1) is 0 Å². The third-order valence-electron chi connectivity index (χ3n) is 8.44. The monoisotopic (exact) mass is 508 g/mol. The maximum Gasteiger partial charge on any atom is 0.133 e. The molecule has 0 unspecified atom stereocenters. The zero-order valence-electron chi connectivity index (χ0n) is 24.1. The van der Waals surface area contributed by atoms with Gasteiger partial charge >= 0.3 is 0 Å². The van der Waals surface area contributed by atoms with E-state index in [-0.39, 0.29) is 0 Å². The number of nitrogens with zero attached hydrogens (tertiary/aromatic N) is 1. The molecule has 0 saturated carbocycles. The van der Waals surface area contributed by atoms with Crippen LogP contribution in [-0.2, 0) is 6.54 Å². The van der Waals surface area contributed by atoms with Crippen LogP contribution in [0.25, 0.3) is 21.5 Å². The number of fused-ring (bicyclic) bond motifs is 2. The van der Waals surface area contributed by atoms with E-state index in [4.69, 9.17) is 0 Å². The van der Waals surface area contributed by atoms with Gasteiger partial charge in [-0.15, -0.1) is 0 Å². The molecule has 0 aliphatic rings. The Hall–Kier alpha value is -2.64. The molecule has 0 aliphatic carbocycles. The van der Waals surface area contributed by atoms with Crippen molar-refractivity contribution in [2.45, 2.75) is 97.4 Å². The second-order valence-electron chi connectivity index (χ2n) is 11.5. The Morgan fingerprint density at radius 2 is 0.947 bits per heavy atom. The van der Waals surface area contributed by atoms with E-state index in [2.05, 4.69) is 98.8 Å². The van der Waals surface area contributed by atoms with Crippen LogP contribution in [0.4, 0.5) is 5.69 Å². The van der Waals surface area contributed by atoms with Gasteiger partial charge in [0.15, 0.2) is 0 Å². The quantitative estimate of drug-likeness (QED) is 0.0755. The molecule has 0 amide bonds. The standard InChI is InChI=1S/C37H50N/c1-3-5-7-9-11-18-26-38(27-19-12-10-8-6-4-2,31-32-20-14-13-15-21-32)37-25-24-35-28-33-22-16-17-23-34(33)29-36(35)30-37/h13-17,20-25,28-30H,3-12,18-19,26-27,31H2,1-2H3/q+1. The zero-order chi connectivity index (χ0) is 26.5. The molecule has 0 aromatic heterocycles. The smallest absolute Gasteiger partial charge is 0.133 e. The summed E-state index contributed by atoms with van der Waals surface area (Å²) >= 11 is 0. The van der Waals surface area contributed by atoms with Crippen molar-refractivity contribution in [2.24, 2.45) is 0 Å². The molecule has 4 aromatic rings. The molecule has 38 heavy (non-hydrogen) atoms. The third kappa shape index (κ3) is 7.93. The Morgan fingerprint density at radius 3 is 1.55 bits per heavy atom. The first-order valence-electron chi connectivity index (χ1n) is 15.6. The van der Waals surface area contributed by atoms with Crippen LogP contribution >= 0.6 is 0 Å². The van der Waals surface area contributed by atoms with Gasteiger partial charge in [0.1, 0.15) is 12.2 Å². The van der Waals surface area contributed by atoms with E-state index in [1.54, 1.807) is 0 Å². The maximum atomic E-state index is 2.53. The summed E-state index contributed by atoms with van der Waals surface area (Å²) in [4.78, 5) is 0. The molecule has 0 heterocycles. The number of quaternary nitrogens is 1. The molecular weight excluding hydrogens is 458 g/mol. The molecule has 1 nitrogen and oxygen atoms in total. The van der Waals surface area contributed by atoms with Gasteiger partial charge in [0.2, 0.25) is 0 Å². The average Bonchev–Trinajstić information content (AvgIpc) is 2.95. The summed E-state index contributed by atoms with van der Waals surface area (Å²) in [7, 11) is 0. The van der Waals surface area contributed by atoms with Crippen LogP contribution in [0.15, 0.2) is 84.9 Å². The highest BCUT2D eigenvalue weighted by molar-refractivity contribution is 5.99. The minimum atomic E-state index is 1.08. The number of rotatable bonds is 17. The van der Waals surface area contributed by atoms with Crippen molar-refractivity contribution in [3.63, 3.8) is 0 Å². The predicted octanol–water partition coefficient (Wildman–Crippen LogP) is 11.2. The average molecular weight is 509 g/mol. The molecule has 1 heteroatoms. The lowest BCUT2D eigenvalue weighted by atomic mass is 10.0. The number of benzene rings is 4. The van der Waals surface area contributed by atoms with Crippen LogP contribution in [0.5, 0.6) is 0 Å². The van der Waals surface area contributed by atoms with E-state index in [1.165, 1.54) is 123 Å². The first kappa shape index (κ1) is 28.4. The summed E-state index contributed by atoms with van der Waals surface area (Å²) in [6.07, 6.45) is 16.2. The van der Waals surface area contributed by atoms with E-state index in [9.17, 15) is 0 Å². The van der Waals surface area contributed by atoms with Gasteiger partial charge in [-0.25, -0.2) is 0 Å². The van der Waals surface area contributed by atoms with Gasteiger partial charge in [-0.1, -0.05) is 120 Å². The lowest BCUT2D eigenvalue weighted by Gasteiger charge is -2.39. The molecule has 0 fully saturated rings. The summed E-state index contributed by atoms with van der Waals surface area (Å²) in [6, 6.07) is 32.2. The SMILES string of the molecule is CCCCCCCC[N+](CCCCCCCC)(Cc1ccccc1)c1ccc2cc3ccccc3cc2c1. The second-order valence-corrected chi connectivity index (χ2v) is 11.5. The fourth-order valence-electron chi connectivity index (χ4n) is 6.16. The van der Waals surface area contributed by atoms with E-state index < -0.39 is 0 Å². The summed E-state index contributed by atoms with van der Waals surface area (Å²) < 4.78 is 1.08. The Morgan fingerprint density at radius 1 is 0.447 bits per heavy atom. The molecule has 202 valence electrons. The van der Waals surface area contributed by atoms with Gasteiger partial charge in [-0.05, 0) is 71.5 Å². The molecule has 0 bridgehead atoms. The Balaban J connectivity index is 1.65. The van der Waals surface area contributed by atoms with Gasteiger partial charge in [-0.3, -0.25) is 4.48 Å². The molecule has 4 rings (SSSR count). The molecule has 0 aliphatic heterocycles. The summed E-state index contributed by atoms with van der Waals surface area (Å²) in [5.74, 6) is 0. The van der Waals surface area contributed by atoms with Crippen molar-refractivity contribution in [2.75, 3.05) is 13.1 Å². The van der Waals surface area contributed by atoms with Crippen molar-refractivity contribution < 1.29 is 0 Å². The topological polar surface area (TPSA) is 0 Å². The van der Waals surface area contributed by atoms with Crippen LogP contribution < -0.4 is 4.48 Å². The van der Waals surface area contributed by atoms with Gasteiger partial charge < -0.3 is 0 Å². The molecule has 0 atom stereocenters. The molecule has 4 aromatic carbocycles. The molecule has 0 N–H and O–H groups in total. The summed E-state index contributed by atoms with van der Waals surface area (Å²) in [6.45, 7) is 8.17. The summed E-state index contributed by atoms with van der Waals surface area (Å²) in [5.41, 5.74) is 2.96. The molecule has 0 radical (unpaired) electrons. The zero-order valence-corrected chi connectivity index (χ0v) is 24.1. The number of hydrogen-bond donors (Lipinski definition) is 0. The van der Waals surface area contributed by atoms with E-state index >= 15 is 0 Å². The van der Waals surface area contributed by atoms with Gasteiger partial charge in [0.25, 0.3) is 0 Å². The van der Waals surface area contributed by atoms with Gasteiger partial charge in [0.05, 0.1) is 13.1 Å². The van der Waals surface area contributed by atoms with E-state index in [0.717, 1.165) is 11.0 Å². The maximum absolute atomic E-state index is 2.53. The third-order valence-corrected chi connectivity index (χ3v) is 8.44. The van der Waals surface area contributed by atoms with Gasteiger partial charge in [-0.2, -0.15) is 0 Å². The van der Waals surface area contributed by atoms with Crippen LogP contribution in [0.1, 0.15) is 96.5 Å². The fraction of sp³-hybridized carbons (Fsp3) is 0.459. The van der Waals surface area contributed by atoms with Gasteiger partial charge in [0, 0.05) is 11.6 Å². The second kappa shape index (κ2) is 15.1. The highest BCUT2D eigenvalue weighted by atomic mass is 15.4. The van der Waals surface area contributed by atoms with Crippen molar-refractivity contribution in [3.8, 4) is 0 Å². The number of unbranched alkanes of at least 4 members (excludes halogenated alkanes) is 10. The Labute approximate surface area is 232 Å². The lowest BCUT2D eigenvalue weighted by molar-refractivity contribution is 0.251. The largest absolute Gasteiger partial charge is 0.287 e. The van der Waals surface area contributed by atoms with Crippen LogP contribution in [0.3, 0.4) is 0 Å². The van der Waals surface area contributed by atoms with Crippen molar-refractivity contribution in [1.82, 2.24) is 4.48 Å². The highest BCUT2D eigenvalue weighted by Gasteiger charge is 2.30. The van der Waals surface area contributed by atoms with Crippen LogP contribution in [-0.4, -0.2) is 13.1 Å². The first-order valence-corrected chi connectivity index (χ1v) is 15.6. The predicted molar refractivity (Wildman–Crippen MR) is 170 cm³/mol. The fourth-order valence-corrected chi connectivity index (χ4v) is 6.16. The normalized spacial score (nSPS) is 11.9. The lowest BCUT2D eigenvalue weighted by Crippen LogP contribution is -2.50. The Kier molecular flexibility index (Phi) is 11.3. The van der Waals surface area contributed by atoms with E-state index in [1.807, 2.05) is 0 Å². The summed E-state index contributed by atoms with van der Waals surface area (Å²) in [5, 5.41) is 5.40. The molecule has 0 spiro atoms. The molecular formula is C37H50N+. The van der Waals surface area contributed by atoms with E-state index in [0.29, 0.717) is 0 Å². The van der Waals surface area contributed by atoms with Crippen molar-refractivity contribution >= 4 is 27.2 Å². The minimum absolute atomic E-state index is 1.08. The van der Waals surface area contributed by atoms with Crippen LogP contribution in [0.2, 0.25) is 0 Å². The van der Waals surface area contributed by atoms with Crippen molar-refractivity contribution in [3.05, 3.63) is 90.5 Å².